The fourth-order valence-electron chi connectivity index (χ4n) is 2.71. The average Bonchev–Trinajstić information content (AvgIpc) is 3.44. The summed E-state index contributed by atoms with van der Waals surface area (Å²) in [6.07, 6.45) is 4.50. The maximum atomic E-state index is 5.71. The number of halogens is 1. The van der Waals surface area contributed by atoms with Crippen molar-refractivity contribution < 1.29 is 4.74 Å². The number of likely N-dealkylation sites (N-methyl/N-ethyl adjacent to an activating group) is 1. The summed E-state index contributed by atoms with van der Waals surface area (Å²) >= 11 is 0. The maximum Gasteiger partial charge on any atom is 0.193 e. The second kappa shape index (κ2) is 9.91. The number of pyridine rings is 1. The zero-order chi connectivity index (χ0) is 16.8. The summed E-state index contributed by atoms with van der Waals surface area (Å²) in [5.41, 5.74) is 2.21. The number of hydrogen-bond donors (Lipinski definition) is 1. The third-order valence-electron chi connectivity index (χ3n) is 4.35. The second-order valence-electron chi connectivity index (χ2n) is 6.33. The van der Waals surface area contributed by atoms with Crippen LogP contribution >= 0.6 is 24.0 Å². The lowest BCUT2D eigenvalue weighted by Gasteiger charge is -2.22. The quantitative estimate of drug-likeness (QED) is 0.302. The number of ether oxygens (including phenoxy) is 1. The van der Waals surface area contributed by atoms with Crippen LogP contribution in [0.25, 0.3) is 10.9 Å². The number of rotatable bonds is 7. The molecule has 0 spiro atoms. The lowest BCUT2D eigenvalue weighted by molar-refractivity contribution is 0.115. The Morgan fingerprint density at radius 3 is 2.88 bits per heavy atom. The highest BCUT2D eigenvalue weighted by Gasteiger charge is 2.21. The molecule has 1 aromatic heterocycles. The monoisotopic (exact) mass is 454 g/mol. The molecule has 0 aliphatic heterocycles. The Bertz CT molecular complexity index is 697. The van der Waals surface area contributed by atoms with Crippen LogP contribution in [0.3, 0.4) is 0 Å². The van der Waals surface area contributed by atoms with Gasteiger partial charge in [-0.25, -0.2) is 0 Å². The molecule has 5 nitrogen and oxygen atoms in total. The molecular formula is C19H27IN4O. The minimum atomic E-state index is 0. The fraction of sp³-hybridized carbons (Fsp3) is 0.474. The van der Waals surface area contributed by atoms with Crippen LogP contribution < -0.4 is 5.32 Å². The molecule has 6 heteroatoms. The van der Waals surface area contributed by atoms with E-state index in [-0.39, 0.29) is 24.0 Å². The van der Waals surface area contributed by atoms with Crippen molar-refractivity contribution in [3.63, 3.8) is 0 Å². The predicted molar refractivity (Wildman–Crippen MR) is 114 cm³/mol. The predicted octanol–water partition coefficient (Wildman–Crippen LogP) is 3.29. The van der Waals surface area contributed by atoms with Crippen LogP contribution in [0.5, 0.6) is 0 Å². The average molecular weight is 454 g/mol. The molecule has 136 valence electrons. The molecule has 1 aliphatic carbocycles. The number of benzene rings is 1. The lowest BCUT2D eigenvalue weighted by atomic mass is 10.1. The van der Waals surface area contributed by atoms with Gasteiger partial charge in [0.15, 0.2) is 5.96 Å². The van der Waals surface area contributed by atoms with Gasteiger partial charge in [0.25, 0.3) is 0 Å². The molecule has 0 amide bonds. The summed E-state index contributed by atoms with van der Waals surface area (Å²) in [7, 11) is 3.85. The zero-order valence-corrected chi connectivity index (χ0v) is 17.3. The van der Waals surface area contributed by atoms with E-state index in [2.05, 4.69) is 44.5 Å². The number of nitrogens with one attached hydrogen (secondary N) is 1. The topological polar surface area (TPSA) is 49.8 Å². The minimum absolute atomic E-state index is 0. The molecule has 0 radical (unpaired) electrons. The van der Waals surface area contributed by atoms with Crippen LogP contribution in [0.15, 0.2) is 41.5 Å². The van der Waals surface area contributed by atoms with Gasteiger partial charge in [-0.05, 0) is 30.4 Å². The van der Waals surface area contributed by atoms with E-state index < -0.39 is 0 Å². The Morgan fingerprint density at radius 2 is 2.12 bits per heavy atom. The van der Waals surface area contributed by atoms with E-state index in [1.165, 1.54) is 18.4 Å². The van der Waals surface area contributed by atoms with Crippen LogP contribution in [-0.4, -0.2) is 49.7 Å². The van der Waals surface area contributed by atoms with Crippen molar-refractivity contribution in [2.45, 2.75) is 19.4 Å². The SMILES string of the molecule is CN=C(NCc1cccc2cccnc12)N(C)CCOCC1CC1.I. The summed E-state index contributed by atoms with van der Waals surface area (Å²) in [6.45, 7) is 3.18. The highest BCUT2D eigenvalue weighted by molar-refractivity contribution is 14.0. The van der Waals surface area contributed by atoms with Crippen molar-refractivity contribution in [2.24, 2.45) is 10.9 Å². The molecule has 1 heterocycles. The van der Waals surface area contributed by atoms with Gasteiger partial charge in [0.2, 0.25) is 0 Å². The number of fused-ring (bicyclic) bond motifs is 1. The smallest absolute Gasteiger partial charge is 0.193 e. The van der Waals surface area contributed by atoms with Crippen molar-refractivity contribution in [3.8, 4) is 0 Å². The van der Waals surface area contributed by atoms with E-state index >= 15 is 0 Å². The maximum absolute atomic E-state index is 5.71. The van der Waals surface area contributed by atoms with Crippen molar-refractivity contribution in [2.75, 3.05) is 33.9 Å². The highest BCUT2D eigenvalue weighted by Crippen LogP contribution is 2.28. The first kappa shape index (κ1) is 19.9. The van der Waals surface area contributed by atoms with Gasteiger partial charge in [-0.15, -0.1) is 24.0 Å². The van der Waals surface area contributed by atoms with Gasteiger partial charge in [-0.3, -0.25) is 9.98 Å². The number of nitrogens with zero attached hydrogens (tertiary/aromatic N) is 3. The highest BCUT2D eigenvalue weighted by atomic mass is 127. The molecule has 0 saturated heterocycles. The Balaban J connectivity index is 0.00000225. The van der Waals surface area contributed by atoms with Crippen molar-refractivity contribution >= 4 is 40.8 Å². The van der Waals surface area contributed by atoms with Crippen molar-refractivity contribution in [3.05, 3.63) is 42.1 Å². The molecule has 1 fully saturated rings. The number of hydrogen-bond acceptors (Lipinski definition) is 3. The Kier molecular flexibility index (Phi) is 7.90. The molecule has 0 unspecified atom stereocenters. The molecule has 1 saturated carbocycles. The fourth-order valence-corrected chi connectivity index (χ4v) is 2.71. The van der Waals surface area contributed by atoms with E-state index in [0.717, 1.165) is 42.5 Å². The van der Waals surface area contributed by atoms with Crippen molar-refractivity contribution in [1.29, 1.82) is 0 Å². The Hall–Kier alpha value is -1.41. The normalized spacial score (nSPS) is 14.2. The molecule has 1 aromatic carbocycles. The molecule has 2 aromatic rings. The van der Waals surface area contributed by atoms with Crippen LogP contribution in [0, 0.1) is 5.92 Å². The Morgan fingerprint density at radius 1 is 1.32 bits per heavy atom. The van der Waals surface area contributed by atoms with Crippen molar-refractivity contribution in [1.82, 2.24) is 15.2 Å². The first-order chi connectivity index (χ1) is 11.8. The van der Waals surface area contributed by atoms with Gasteiger partial charge in [0.05, 0.1) is 12.1 Å². The van der Waals surface area contributed by atoms with E-state index in [1.807, 2.05) is 26.4 Å². The lowest BCUT2D eigenvalue weighted by Crippen LogP contribution is -2.40. The number of aromatic nitrogens is 1. The number of guanidine groups is 1. The molecule has 1 aliphatic rings. The van der Waals surface area contributed by atoms with E-state index in [9.17, 15) is 0 Å². The molecule has 25 heavy (non-hydrogen) atoms. The van der Waals surface area contributed by atoms with Crippen LogP contribution in [0.2, 0.25) is 0 Å². The summed E-state index contributed by atoms with van der Waals surface area (Å²) in [5.74, 6) is 1.68. The van der Waals surface area contributed by atoms with E-state index in [0.29, 0.717) is 6.54 Å². The molecule has 1 N–H and O–H groups in total. The molecule has 0 atom stereocenters. The third kappa shape index (κ3) is 5.81. The zero-order valence-electron chi connectivity index (χ0n) is 14.9. The van der Waals surface area contributed by atoms with Gasteiger partial charge >= 0.3 is 0 Å². The van der Waals surface area contributed by atoms with Crippen LogP contribution in [0.1, 0.15) is 18.4 Å². The first-order valence-electron chi connectivity index (χ1n) is 8.60. The largest absolute Gasteiger partial charge is 0.379 e. The molecule has 3 rings (SSSR count). The molecule has 0 bridgehead atoms. The summed E-state index contributed by atoms with van der Waals surface area (Å²) in [5, 5.41) is 4.58. The summed E-state index contributed by atoms with van der Waals surface area (Å²) < 4.78 is 5.71. The summed E-state index contributed by atoms with van der Waals surface area (Å²) in [6, 6.07) is 10.3. The number of aliphatic imine (C=N–C) groups is 1. The van der Waals surface area contributed by atoms with Crippen LogP contribution in [-0.2, 0) is 11.3 Å². The minimum Gasteiger partial charge on any atom is -0.379 e. The number of para-hydroxylation sites is 1. The standard InChI is InChI=1S/C19H26N4O.HI/c1-20-19(23(2)11-12-24-14-15-8-9-15)22-13-17-6-3-5-16-7-4-10-21-18(16)17;/h3-7,10,15H,8-9,11-14H2,1-2H3,(H,20,22);1H. The third-order valence-corrected chi connectivity index (χ3v) is 4.35. The van der Waals surface area contributed by atoms with E-state index in [4.69, 9.17) is 4.74 Å². The summed E-state index contributed by atoms with van der Waals surface area (Å²) in [4.78, 5) is 11.0. The Labute approximate surface area is 166 Å². The van der Waals surface area contributed by atoms with Gasteiger partial charge in [-0.2, -0.15) is 0 Å². The van der Waals surface area contributed by atoms with Gasteiger partial charge in [-0.1, -0.05) is 24.3 Å². The van der Waals surface area contributed by atoms with Gasteiger partial charge < -0.3 is 15.0 Å². The second-order valence-corrected chi connectivity index (χ2v) is 6.33. The molecular weight excluding hydrogens is 427 g/mol. The van der Waals surface area contributed by atoms with Gasteiger partial charge in [0.1, 0.15) is 0 Å². The van der Waals surface area contributed by atoms with E-state index in [1.54, 1.807) is 0 Å². The first-order valence-corrected chi connectivity index (χ1v) is 8.60. The van der Waals surface area contributed by atoms with Gasteiger partial charge in [0, 0.05) is 45.4 Å². The van der Waals surface area contributed by atoms with Crippen LogP contribution in [0.4, 0.5) is 0 Å².